The van der Waals surface area contributed by atoms with Gasteiger partial charge in [0.2, 0.25) is 5.91 Å². The highest BCUT2D eigenvalue weighted by Crippen LogP contribution is 2.43. The van der Waals surface area contributed by atoms with Crippen molar-refractivity contribution in [1.29, 1.82) is 0 Å². The van der Waals surface area contributed by atoms with E-state index in [9.17, 15) is 27.6 Å². The summed E-state index contributed by atoms with van der Waals surface area (Å²) in [6, 6.07) is -1.90. The molecule has 0 radical (unpaired) electrons. The molecule has 0 spiro atoms. The molecule has 1 heterocycles. The number of amides is 1. The molecule has 0 bridgehead atoms. The Morgan fingerprint density at radius 1 is 1.30 bits per heavy atom. The predicted molar refractivity (Wildman–Crippen MR) is 57.8 cm³/mol. The largest absolute Gasteiger partial charge is 0.481 e. The first-order valence-electron chi connectivity index (χ1n) is 5.63. The molecule has 2 atom stereocenters. The summed E-state index contributed by atoms with van der Waals surface area (Å²) in [4.78, 5) is 33.0. The quantitative estimate of drug-likeness (QED) is 0.547. The Labute approximate surface area is 111 Å². The van der Waals surface area contributed by atoms with Gasteiger partial charge in [-0.05, 0) is 13.0 Å². The van der Waals surface area contributed by atoms with Crippen LogP contribution in [-0.4, -0.2) is 53.4 Å². The molecule has 1 amide bonds. The van der Waals surface area contributed by atoms with Gasteiger partial charge in [-0.2, -0.15) is 13.2 Å². The van der Waals surface area contributed by atoms with Gasteiger partial charge in [-0.3, -0.25) is 9.59 Å². The summed E-state index contributed by atoms with van der Waals surface area (Å²) in [7, 11) is 0. The lowest BCUT2D eigenvalue weighted by Gasteiger charge is -2.30. The molecule has 0 saturated carbocycles. The SMILES string of the molecule is O=C(O)CC(NC(=O)C1(C(F)(F)F)CCNC1)C(=O)O. The maximum absolute atomic E-state index is 13.0. The Bertz CT molecular complexity index is 418. The molecule has 1 aliphatic heterocycles. The molecule has 1 fully saturated rings. The van der Waals surface area contributed by atoms with Crippen molar-refractivity contribution < 1.29 is 37.8 Å². The van der Waals surface area contributed by atoms with E-state index in [1.165, 1.54) is 0 Å². The lowest BCUT2D eigenvalue weighted by molar-refractivity contribution is -0.216. The van der Waals surface area contributed by atoms with Crippen LogP contribution in [0, 0.1) is 5.41 Å². The highest BCUT2D eigenvalue weighted by atomic mass is 19.4. The molecule has 0 aromatic carbocycles. The third kappa shape index (κ3) is 3.18. The zero-order chi connectivity index (χ0) is 15.6. The first-order valence-corrected chi connectivity index (χ1v) is 5.63. The van der Waals surface area contributed by atoms with Gasteiger partial charge in [0, 0.05) is 6.54 Å². The van der Waals surface area contributed by atoms with Crippen LogP contribution in [0.25, 0.3) is 0 Å². The van der Waals surface area contributed by atoms with Crippen molar-refractivity contribution in [2.24, 2.45) is 5.41 Å². The average molecular weight is 298 g/mol. The minimum Gasteiger partial charge on any atom is -0.481 e. The van der Waals surface area contributed by atoms with Crippen molar-refractivity contribution in [3.05, 3.63) is 0 Å². The molecule has 1 saturated heterocycles. The number of carboxylic acids is 2. The van der Waals surface area contributed by atoms with Crippen molar-refractivity contribution in [3.8, 4) is 0 Å². The van der Waals surface area contributed by atoms with Crippen LogP contribution in [-0.2, 0) is 14.4 Å². The van der Waals surface area contributed by atoms with E-state index in [4.69, 9.17) is 10.2 Å². The smallest absolute Gasteiger partial charge is 0.404 e. The molecule has 114 valence electrons. The molecule has 1 rings (SSSR count). The molecule has 10 heteroatoms. The number of carbonyl (C=O) groups is 3. The third-order valence-corrected chi connectivity index (χ3v) is 3.11. The molecule has 1 aliphatic rings. The number of halogens is 3. The third-order valence-electron chi connectivity index (χ3n) is 3.11. The molecular weight excluding hydrogens is 285 g/mol. The summed E-state index contributed by atoms with van der Waals surface area (Å²) < 4.78 is 39.0. The first-order chi connectivity index (χ1) is 9.10. The number of alkyl halides is 3. The number of hydrogen-bond acceptors (Lipinski definition) is 4. The minimum absolute atomic E-state index is 0.0381. The number of carbonyl (C=O) groups excluding carboxylic acids is 1. The standard InChI is InChI=1S/C10H13F3N2O5/c11-10(12,13)9(1-2-14-4-9)8(20)15-5(7(18)19)3-6(16)17/h5,14H,1-4H2,(H,15,20)(H,16,17)(H,18,19). The fourth-order valence-corrected chi connectivity index (χ4v) is 1.93. The fourth-order valence-electron chi connectivity index (χ4n) is 1.93. The van der Waals surface area contributed by atoms with Crippen molar-refractivity contribution in [1.82, 2.24) is 10.6 Å². The second kappa shape index (κ2) is 5.65. The van der Waals surface area contributed by atoms with Crippen molar-refractivity contribution >= 4 is 17.8 Å². The van der Waals surface area contributed by atoms with Crippen LogP contribution in [0.3, 0.4) is 0 Å². The van der Waals surface area contributed by atoms with Gasteiger partial charge in [-0.15, -0.1) is 0 Å². The van der Waals surface area contributed by atoms with Crippen molar-refractivity contribution in [2.75, 3.05) is 13.1 Å². The van der Waals surface area contributed by atoms with Crippen LogP contribution in [0.1, 0.15) is 12.8 Å². The van der Waals surface area contributed by atoms with Gasteiger partial charge in [-0.1, -0.05) is 0 Å². The maximum Gasteiger partial charge on any atom is 0.404 e. The molecular formula is C10H13F3N2O5. The van der Waals surface area contributed by atoms with Crippen LogP contribution in [0.5, 0.6) is 0 Å². The van der Waals surface area contributed by atoms with E-state index >= 15 is 0 Å². The first kappa shape index (κ1) is 16.2. The van der Waals surface area contributed by atoms with Crippen LogP contribution < -0.4 is 10.6 Å². The molecule has 2 unspecified atom stereocenters. The number of aliphatic carboxylic acids is 2. The van der Waals surface area contributed by atoms with Gasteiger partial charge in [0.25, 0.3) is 0 Å². The minimum atomic E-state index is -4.85. The summed E-state index contributed by atoms with van der Waals surface area (Å²) in [5.41, 5.74) is -2.72. The summed E-state index contributed by atoms with van der Waals surface area (Å²) in [6.07, 6.45) is -6.38. The zero-order valence-electron chi connectivity index (χ0n) is 10.2. The lowest BCUT2D eigenvalue weighted by atomic mass is 9.85. The van der Waals surface area contributed by atoms with Gasteiger partial charge in [0.15, 0.2) is 5.41 Å². The molecule has 0 aliphatic carbocycles. The second-order valence-electron chi connectivity index (χ2n) is 4.47. The number of hydrogen-bond donors (Lipinski definition) is 4. The van der Waals surface area contributed by atoms with Crippen molar-refractivity contribution in [2.45, 2.75) is 25.1 Å². The predicted octanol–water partition coefficient (Wildman–Crippen LogP) is -0.428. The van der Waals surface area contributed by atoms with Crippen LogP contribution in [0.4, 0.5) is 13.2 Å². The summed E-state index contributed by atoms with van der Waals surface area (Å²) in [5, 5.41) is 21.3. The summed E-state index contributed by atoms with van der Waals surface area (Å²) in [6.45, 7) is -0.703. The van der Waals surface area contributed by atoms with Gasteiger partial charge in [0.05, 0.1) is 6.42 Å². The molecule has 0 aromatic rings. The fraction of sp³-hybridized carbons (Fsp3) is 0.700. The Hall–Kier alpha value is -1.84. The Morgan fingerprint density at radius 2 is 1.90 bits per heavy atom. The van der Waals surface area contributed by atoms with Crippen LogP contribution in [0.2, 0.25) is 0 Å². The highest BCUT2D eigenvalue weighted by Gasteiger charge is 2.61. The average Bonchev–Trinajstić information content (AvgIpc) is 2.76. The number of carboxylic acid groups (broad SMARTS) is 2. The van der Waals surface area contributed by atoms with E-state index in [1.54, 1.807) is 5.32 Å². The summed E-state index contributed by atoms with van der Waals surface area (Å²) >= 11 is 0. The normalized spacial score (nSPS) is 24.1. The Kier molecular flexibility index (Phi) is 4.58. The second-order valence-corrected chi connectivity index (χ2v) is 4.47. The van der Waals surface area contributed by atoms with Gasteiger partial charge in [0.1, 0.15) is 6.04 Å². The molecule has 0 aromatic heterocycles. The van der Waals surface area contributed by atoms with Gasteiger partial charge >= 0.3 is 18.1 Å². The van der Waals surface area contributed by atoms with E-state index in [0.717, 1.165) is 0 Å². The topological polar surface area (TPSA) is 116 Å². The van der Waals surface area contributed by atoms with Crippen molar-refractivity contribution in [3.63, 3.8) is 0 Å². The Balaban J connectivity index is 2.91. The molecule has 4 N–H and O–H groups in total. The maximum atomic E-state index is 13.0. The van der Waals surface area contributed by atoms with E-state index < -0.39 is 54.9 Å². The van der Waals surface area contributed by atoms with Crippen LogP contribution in [0.15, 0.2) is 0 Å². The van der Waals surface area contributed by atoms with E-state index in [0.29, 0.717) is 0 Å². The van der Waals surface area contributed by atoms with E-state index in [2.05, 4.69) is 5.32 Å². The molecule has 7 nitrogen and oxygen atoms in total. The monoisotopic (exact) mass is 298 g/mol. The number of nitrogens with one attached hydrogen (secondary N) is 2. The van der Waals surface area contributed by atoms with E-state index in [1.807, 2.05) is 0 Å². The highest BCUT2D eigenvalue weighted by molar-refractivity contribution is 5.90. The lowest BCUT2D eigenvalue weighted by Crippen LogP contribution is -2.56. The number of rotatable bonds is 5. The Morgan fingerprint density at radius 3 is 2.25 bits per heavy atom. The van der Waals surface area contributed by atoms with Gasteiger partial charge in [-0.25, -0.2) is 4.79 Å². The van der Waals surface area contributed by atoms with Gasteiger partial charge < -0.3 is 20.8 Å². The van der Waals surface area contributed by atoms with E-state index in [-0.39, 0.29) is 6.54 Å². The van der Waals surface area contributed by atoms with Crippen LogP contribution >= 0.6 is 0 Å². The zero-order valence-corrected chi connectivity index (χ0v) is 10.2. The summed E-state index contributed by atoms with van der Waals surface area (Å²) in [5.74, 6) is -4.77. The molecule has 20 heavy (non-hydrogen) atoms.